The number of nitrogens with one attached hydrogen (secondary N) is 1. The summed E-state index contributed by atoms with van der Waals surface area (Å²) in [6.07, 6.45) is 0.339. The predicted molar refractivity (Wildman–Crippen MR) is 102 cm³/mol. The van der Waals surface area contributed by atoms with Crippen molar-refractivity contribution in [3.63, 3.8) is 0 Å². The molecule has 3 N–H and O–H groups in total. The number of carbonyl (C=O) groups is 2. The molecule has 0 spiro atoms. The zero-order valence-corrected chi connectivity index (χ0v) is 15.0. The highest BCUT2D eigenvalue weighted by atomic mass is 79.9. The topological polar surface area (TPSA) is 72.2 Å². The number of hydrogen-bond donors (Lipinski definition) is 2. The van der Waals surface area contributed by atoms with E-state index in [4.69, 9.17) is 5.73 Å². The van der Waals surface area contributed by atoms with Crippen molar-refractivity contribution in [2.75, 3.05) is 0 Å². The fraction of sp³-hybridized carbons (Fsp3) is 0.100. The summed E-state index contributed by atoms with van der Waals surface area (Å²) in [4.78, 5) is 24.5. The molecule has 3 aromatic carbocycles. The number of hydrogen-bond acceptors (Lipinski definition) is 2. The van der Waals surface area contributed by atoms with Gasteiger partial charge >= 0.3 is 0 Å². The summed E-state index contributed by atoms with van der Waals surface area (Å²) < 4.78 is 0.911. The fourth-order valence-corrected chi connectivity index (χ4v) is 3.23. The van der Waals surface area contributed by atoms with E-state index >= 15 is 0 Å². The first-order valence-corrected chi connectivity index (χ1v) is 8.66. The van der Waals surface area contributed by atoms with Gasteiger partial charge in [0.15, 0.2) is 0 Å². The van der Waals surface area contributed by atoms with Crippen LogP contribution in [-0.4, -0.2) is 17.9 Å². The third-order valence-corrected chi connectivity index (χ3v) is 4.51. The lowest BCUT2D eigenvalue weighted by Crippen LogP contribution is -2.45. The summed E-state index contributed by atoms with van der Waals surface area (Å²) in [5, 5.41) is 4.58. The van der Waals surface area contributed by atoms with Gasteiger partial charge in [-0.15, -0.1) is 0 Å². The van der Waals surface area contributed by atoms with Gasteiger partial charge in [-0.1, -0.05) is 64.5 Å². The average molecular weight is 397 g/mol. The number of primary amides is 1. The summed E-state index contributed by atoms with van der Waals surface area (Å²) in [7, 11) is 0. The van der Waals surface area contributed by atoms with E-state index < -0.39 is 11.9 Å². The Balaban J connectivity index is 1.84. The van der Waals surface area contributed by atoms with Gasteiger partial charge in [0.05, 0.1) is 0 Å². The lowest BCUT2D eigenvalue weighted by Gasteiger charge is -2.16. The van der Waals surface area contributed by atoms with E-state index in [-0.39, 0.29) is 5.91 Å². The zero-order chi connectivity index (χ0) is 17.8. The van der Waals surface area contributed by atoms with Crippen LogP contribution in [0.3, 0.4) is 0 Å². The minimum absolute atomic E-state index is 0.310. The van der Waals surface area contributed by atoms with E-state index in [0.717, 1.165) is 20.8 Å². The van der Waals surface area contributed by atoms with Gasteiger partial charge in [-0.2, -0.15) is 0 Å². The van der Waals surface area contributed by atoms with E-state index in [1.165, 1.54) is 0 Å². The van der Waals surface area contributed by atoms with Crippen LogP contribution in [0.2, 0.25) is 0 Å². The fourth-order valence-electron chi connectivity index (χ4n) is 2.78. The molecule has 0 saturated carbocycles. The highest BCUT2D eigenvalue weighted by Gasteiger charge is 2.20. The second-order valence-electron chi connectivity index (χ2n) is 5.79. The van der Waals surface area contributed by atoms with Crippen LogP contribution in [0.25, 0.3) is 10.8 Å². The normalized spacial score (nSPS) is 11.9. The molecular weight excluding hydrogens is 380 g/mol. The molecule has 0 aliphatic rings. The number of fused-ring (bicyclic) bond motifs is 1. The molecule has 126 valence electrons. The van der Waals surface area contributed by atoms with E-state index in [9.17, 15) is 9.59 Å². The van der Waals surface area contributed by atoms with Crippen LogP contribution in [-0.2, 0) is 11.2 Å². The Hall–Kier alpha value is -2.66. The molecule has 25 heavy (non-hydrogen) atoms. The highest BCUT2D eigenvalue weighted by Crippen LogP contribution is 2.19. The number of benzene rings is 3. The van der Waals surface area contributed by atoms with Gasteiger partial charge in [0.25, 0.3) is 5.91 Å². The lowest BCUT2D eigenvalue weighted by molar-refractivity contribution is -0.119. The Labute approximate surface area is 154 Å². The van der Waals surface area contributed by atoms with Gasteiger partial charge in [-0.3, -0.25) is 9.59 Å². The monoisotopic (exact) mass is 396 g/mol. The van der Waals surface area contributed by atoms with Crippen LogP contribution < -0.4 is 11.1 Å². The van der Waals surface area contributed by atoms with E-state index in [1.54, 1.807) is 6.07 Å². The molecule has 5 heteroatoms. The molecule has 0 heterocycles. The van der Waals surface area contributed by atoms with Crippen molar-refractivity contribution in [3.8, 4) is 0 Å². The Morgan fingerprint density at radius 1 is 1.00 bits per heavy atom. The number of amides is 2. The van der Waals surface area contributed by atoms with E-state index in [1.807, 2.05) is 60.7 Å². The van der Waals surface area contributed by atoms with Crippen LogP contribution in [0.4, 0.5) is 0 Å². The van der Waals surface area contributed by atoms with Gasteiger partial charge < -0.3 is 11.1 Å². The molecule has 0 aromatic heterocycles. The first kappa shape index (κ1) is 17.2. The Bertz CT molecular complexity index is 934. The number of rotatable bonds is 5. The number of halogens is 1. The van der Waals surface area contributed by atoms with Crippen molar-refractivity contribution >= 4 is 38.5 Å². The van der Waals surface area contributed by atoms with Crippen molar-refractivity contribution in [2.45, 2.75) is 12.5 Å². The second-order valence-corrected chi connectivity index (χ2v) is 6.70. The predicted octanol–water partition coefficient (Wildman–Crippen LogP) is 3.43. The second kappa shape index (κ2) is 7.49. The first-order chi connectivity index (χ1) is 12.0. The van der Waals surface area contributed by atoms with Crippen molar-refractivity contribution in [1.82, 2.24) is 5.32 Å². The van der Waals surface area contributed by atoms with Gasteiger partial charge in [0.1, 0.15) is 6.04 Å². The standard InChI is InChI=1S/C20H17BrN2O2/c21-15-8-3-5-13(11-15)12-18(19(22)24)23-20(25)17-10-4-7-14-6-1-2-9-16(14)17/h1-11,18H,12H2,(H2,22,24)(H,23,25)/t18-/m1/s1. The summed E-state index contributed by atoms with van der Waals surface area (Å²) in [6.45, 7) is 0. The minimum atomic E-state index is -0.777. The third-order valence-electron chi connectivity index (χ3n) is 4.01. The van der Waals surface area contributed by atoms with Crippen molar-refractivity contribution in [3.05, 3.63) is 82.3 Å². The van der Waals surface area contributed by atoms with Crippen molar-refractivity contribution < 1.29 is 9.59 Å². The van der Waals surface area contributed by atoms with Crippen LogP contribution in [0.1, 0.15) is 15.9 Å². The molecule has 0 aliphatic heterocycles. The molecular formula is C20H17BrN2O2. The lowest BCUT2D eigenvalue weighted by atomic mass is 10.0. The van der Waals surface area contributed by atoms with Gasteiger partial charge in [0, 0.05) is 16.5 Å². The number of nitrogens with two attached hydrogens (primary N) is 1. The molecule has 0 aliphatic carbocycles. The highest BCUT2D eigenvalue weighted by molar-refractivity contribution is 9.10. The van der Waals surface area contributed by atoms with Gasteiger partial charge in [-0.25, -0.2) is 0 Å². The number of carbonyl (C=O) groups excluding carboxylic acids is 2. The maximum absolute atomic E-state index is 12.7. The molecule has 0 unspecified atom stereocenters. The van der Waals surface area contributed by atoms with Crippen molar-refractivity contribution in [2.24, 2.45) is 5.73 Å². The molecule has 3 rings (SSSR count). The van der Waals surface area contributed by atoms with Crippen LogP contribution in [0, 0.1) is 0 Å². The SMILES string of the molecule is NC(=O)[C@@H](Cc1cccc(Br)c1)NC(=O)c1cccc2ccccc12. The van der Waals surface area contributed by atoms with Crippen molar-refractivity contribution in [1.29, 1.82) is 0 Å². The molecule has 3 aromatic rings. The minimum Gasteiger partial charge on any atom is -0.368 e. The van der Waals surface area contributed by atoms with Crippen LogP contribution in [0.5, 0.6) is 0 Å². The van der Waals surface area contributed by atoms with E-state index in [2.05, 4.69) is 21.2 Å². The summed E-state index contributed by atoms with van der Waals surface area (Å²) in [5.41, 5.74) is 6.94. The van der Waals surface area contributed by atoms with Gasteiger partial charge in [-0.05, 0) is 34.5 Å². The molecule has 0 fully saturated rings. The van der Waals surface area contributed by atoms with Gasteiger partial charge in [0.2, 0.25) is 5.91 Å². The molecule has 4 nitrogen and oxygen atoms in total. The molecule has 1 atom stereocenters. The molecule has 0 radical (unpaired) electrons. The van der Waals surface area contributed by atoms with Crippen LogP contribution in [0.15, 0.2) is 71.2 Å². The Kier molecular flexibility index (Phi) is 5.14. The largest absolute Gasteiger partial charge is 0.368 e. The molecule has 0 bridgehead atoms. The van der Waals surface area contributed by atoms with Crippen LogP contribution >= 0.6 is 15.9 Å². The Morgan fingerprint density at radius 3 is 2.48 bits per heavy atom. The summed E-state index contributed by atoms with van der Waals surface area (Å²) >= 11 is 3.40. The Morgan fingerprint density at radius 2 is 1.72 bits per heavy atom. The smallest absolute Gasteiger partial charge is 0.252 e. The maximum Gasteiger partial charge on any atom is 0.252 e. The first-order valence-electron chi connectivity index (χ1n) is 7.87. The quantitative estimate of drug-likeness (QED) is 0.693. The zero-order valence-electron chi connectivity index (χ0n) is 13.4. The summed E-state index contributed by atoms with van der Waals surface area (Å²) in [5.74, 6) is -0.871. The molecule has 0 saturated heterocycles. The maximum atomic E-state index is 12.7. The van der Waals surface area contributed by atoms with E-state index in [0.29, 0.717) is 12.0 Å². The third kappa shape index (κ3) is 4.06. The molecule has 2 amide bonds. The average Bonchev–Trinajstić information content (AvgIpc) is 2.60. The summed E-state index contributed by atoms with van der Waals surface area (Å²) in [6, 6.07) is 19.9.